The third kappa shape index (κ3) is 4.02. The van der Waals surface area contributed by atoms with E-state index in [-0.39, 0.29) is 18.1 Å². The number of rotatable bonds is 3. The number of carbonyl (C=O) groups excluding carboxylic acids is 1. The van der Waals surface area contributed by atoms with Crippen LogP contribution in [0.3, 0.4) is 0 Å². The molecule has 0 saturated heterocycles. The normalized spacial score (nSPS) is 13.1. The first-order valence-corrected chi connectivity index (χ1v) is 10.7. The molecule has 0 fully saturated rings. The Bertz CT molecular complexity index is 1120. The molecule has 0 atom stereocenters. The zero-order valence-electron chi connectivity index (χ0n) is 15.8. The number of fused-ring (bicyclic) bond motifs is 1. The van der Waals surface area contributed by atoms with E-state index in [0.717, 1.165) is 11.4 Å². The van der Waals surface area contributed by atoms with Gasteiger partial charge in [-0.05, 0) is 36.6 Å². The predicted octanol–water partition coefficient (Wildman–Crippen LogP) is 4.20. The van der Waals surface area contributed by atoms with E-state index in [1.165, 1.54) is 11.8 Å². The lowest BCUT2D eigenvalue weighted by molar-refractivity contribution is 0.205. The van der Waals surface area contributed by atoms with E-state index in [1.54, 1.807) is 33.7 Å². The van der Waals surface area contributed by atoms with Crippen molar-refractivity contribution in [3.05, 3.63) is 81.2 Å². The SMILES string of the molecule is CSc1nc2c(c(=O)n1-c1ccccc1)CN(C(=O)Nc1cccc(Cl)c1)CC2. The summed E-state index contributed by atoms with van der Waals surface area (Å²) in [6.45, 7) is 0.712. The number of hydrogen-bond acceptors (Lipinski definition) is 4. The first kappa shape index (κ1) is 19.5. The van der Waals surface area contributed by atoms with Crippen molar-refractivity contribution >= 4 is 35.1 Å². The number of nitrogens with one attached hydrogen (secondary N) is 1. The Morgan fingerprint density at radius 3 is 2.69 bits per heavy atom. The topological polar surface area (TPSA) is 67.2 Å². The van der Waals surface area contributed by atoms with Gasteiger partial charge in [-0.3, -0.25) is 9.36 Å². The average Bonchev–Trinajstić information content (AvgIpc) is 2.74. The zero-order chi connectivity index (χ0) is 20.4. The Hall–Kier alpha value is -2.77. The van der Waals surface area contributed by atoms with Crippen LogP contribution in [0.1, 0.15) is 11.3 Å². The lowest BCUT2D eigenvalue weighted by atomic mass is 10.1. The van der Waals surface area contributed by atoms with Gasteiger partial charge in [-0.2, -0.15) is 0 Å². The van der Waals surface area contributed by atoms with Crippen molar-refractivity contribution in [1.29, 1.82) is 0 Å². The summed E-state index contributed by atoms with van der Waals surface area (Å²) in [6, 6.07) is 16.1. The number of para-hydroxylation sites is 1. The lowest BCUT2D eigenvalue weighted by Gasteiger charge is -2.29. The van der Waals surface area contributed by atoms with E-state index in [2.05, 4.69) is 5.32 Å². The summed E-state index contributed by atoms with van der Waals surface area (Å²) >= 11 is 7.42. The van der Waals surface area contributed by atoms with Crippen LogP contribution in [0.2, 0.25) is 5.02 Å². The first-order valence-electron chi connectivity index (χ1n) is 9.12. The molecule has 0 spiro atoms. The van der Waals surface area contributed by atoms with Crippen molar-refractivity contribution < 1.29 is 4.79 Å². The molecule has 0 aliphatic carbocycles. The van der Waals surface area contributed by atoms with Gasteiger partial charge in [0.15, 0.2) is 5.16 Å². The minimum atomic E-state index is -0.266. The Labute approximate surface area is 177 Å². The van der Waals surface area contributed by atoms with Crippen LogP contribution in [0, 0.1) is 0 Å². The van der Waals surface area contributed by atoms with E-state index in [0.29, 0.717) is 34.4 Å². The molecule has 1 N–H and O–H groups in total. The molecule has 4 rings (SSSR count). The molecule has 0 radical (unpaired) electrons. The molecule has 0 unspecified atom stereocenters. The molecule has 3 aromatic rings. The fourth-order valence-corrected chi connectivity index (χ4v) is 4.10. The number of amides is 2. The van der Waals surface area contributed by atoms with Crippen LogP contribution < -0.4 is 10.9 Å². The molecule has 1 aromatic heterocycles. The maximum atomic E-state index is 13.3. The number of urea groups is 1. The Kier molecular flexibility index (Phi) is 5.60. The molecule has 1 aliphatic heterocycles. The predicted molar refractivity (Wildman–Crippen MR) is 116 cm³/mol. The van der Waals surface area contributed by atoms with Gasteiger partial charge < -0.3 is 10.2 Å². The summed E-state index contributed by atoms with van der Waals surface area (Å²) in [5.74, 6) is 0. The summed E-state index contributed by atoms with van der Waals surface area (Å²) in [7, 11) is 0. The summed E-state index contributed by atoms with van der Waals surface area (Å²) in [4.78, 5) is 32.3. The molecule has 2 aromatic carbocycles. The van der Waals surface area contributed by atoms with Gasteiger partial charge >= 0.3 is 6.03 Å². The van der Waals surface area contributed by atoms with E-state index < -0.39 is 0 Å². The van der Waals surface area contributed by atoms with E-state index in [4.69, 9.17) is 16.6 Å². The summed E-state index contributed by atoms with van der Waals surface area (Å²) in [6.07, 6.45) is 2.44. The maximum absolute atomic E-state index is 13.3. The maximum Gasteiger partial charge on any atom is 0.322 e. The molecule has 148 valence electrons. The fourth-order valence-electron chi connectivity index (χ4n) is 3.34. The summed E-state index contributed by atoms with van der Waals surface area (Å²) in [5, 5.41) is 4.04. The number of anilines is 1. The first-order chi connectivity index (χ1) is 14.1. The van der Waals surface area contributed by atoms with E-state index in [9.17, 15) is 9.59 Å². The number of nitrogens with zero attached hydrogens (tertiary/aromatic N) is 3. The van der Waals surface area contributed by atoms with Crippen LogP contribution in [0.5, 0.6) is 0 Å². The molecule has 8 heteroatoms. The largest absolute Gasteiger partial charge is 0.322 e. The average molecular weight is 427 g/mol. The number of benzene rings is 2. The zero-order valence-corrected chi connectivity index (χ0v) is 17.3. The molecular weight excluding hydrogens is 408 g/mol. The van der Waals surface area contributed by atoms with Gasteiger partial charge in [0.25, 0.3) is 5.56 Å². The van der Waals surface area contributed by atoms with Gasteiger partial charge in [0, 0.05) is 23.7 Å². The van der Waals surface area contributed by atoms with E-state index >= 15 is 0 Å². The van der Waals surface area contributed by atoms with Crippen LogP contribution in [0.25, 0.3) is 5.69 Å². The number of thioether (sulfide) groups is 1. The van der Waals surface area contributed by atoms with Crippen LogP contribution in [0.4, 0.5) is 10.5 Å². The summed E-state index contributed by atoms with van der Waals surface area (Å²) < 4.78 is 1.61. The third-order valence-corrected chi connectivity index (χ3v) is 5.63. The van der Waals surface area contributed by atoms with Crippen LogP contribution >= 0.6 is 23.4 Å². The Balaban J connectivity index is 1.65. The van der Waals surface area contributed by atoms with Crippen molar-refractivity contribution in [2.24, 2.45) is 0 Å². The Morgan fingerprint density at radius 2 is 1.97 bits per heavy atom. The quantitative estimate of drug-likeness (QED) is 0.503. The Morgan fingerprint density at radius 1 is 1.17 bits per heavy atom. The molecule has 2 heterocycles. The second kappa shape index (κ2) is 8.31. The minimum absolute atomic E-state index is 0.134. The monoisotopic (exact) mass is 426 g/mol. The van der Waals surface area contributed by atoms with Crippen molar-refractivity contribution in [2.75, 3.05) is 18.1 Å². The van der Waals surface area contributed by atoms with Crippen LogP contribution in [-0.4, -0.2) is 33.3 Å². The van der Waals surface area contributed by atoms with Crippen LogP contribution in [0.15, 0.2) is 64.5 Å². The molecule has 6 nitrogen and oxygen atoms in total. The van der Waals surface area contributed by atoms with Crippen molar-refractivity contribution in [1.82, 2.24) is 14.5 Å². The standard InChI is InChI=1S/C21H19ClN4O2S/c1-29-21-24-18-10-11-25(20(28)23-15-7-5-6-14(22)12-15)13-17(18)19(27)26(21)16-8-3-2-4-9-16/h2-9,12H,10-11,13H2,1H3,(H,23,28). The van der Waals surface area contributed by atoms with E-state index in [1.807, 2.05) is 36.6 Å². The summed E-state index contributed by atoms with van der Waals surface area (Å²) in [5.41, 5.74) is 2.56. The van der Waals surface area contributed by atoms with Crippen LogP contribution in [-0.2, 0) is 13.0 Å². The van der Waals surface area contributed by atoms with Gasteiger partial charge in [-0.15, -0.1) is 0 Å². The second-order valence-electron chi connectivity index (χ2n) is 6.61. The van der Waals surface area contributed by atoms with Gasteiger partial charge in [0.05, 0.1) is 23.5 Å². The van der Waals surface area contributed by atoms with Gasteiger partial charge in [0.1, 0.15) is 0 Å². The third-order valence-electron chi connectivity index (χ3n) is 4.76. The molecule has 1 aliphatic rings. The second-order valence-corrected chi connectivity index (χ2v) is 7.82. The van der Waals surface area contributed by atoms with Gasteiger partial charge in [0.2, 0.25) is 0 Å². The molecule has 29 heavy (non-hydrogen) atoms. The lowest BCUT2D eigenvalue weighted by Crippen LogP contribution is -2.43. The van der Waals surface area contributed by atoms with Crippen molar-refractivity contribution in [3.8, 4) is 5.69 Å². The highest BCUT2D eigenvalue weighted by Gasteiger charge is 2.26. The highest BCUT2D eigenvalue weighted by atomic mass is 35.5. The number of hydrogen-bond donors (Lipinski definition) is 1. The fraction of sp³-hybridized carbons (Fsp3) is 0.190. The minimum Gasteiger partial charge on any atom is -0.320 e. The number of aromatic nitrogens is 2. The molecule has 0 bridgehead atoms. The van der Waals surface area contributed by atoms with Crippen molar-refractivity contribution in [3.63, 3.8) is 0 Å². The number of carbonyl (C=O) groups is 1. The van der Waals surface area contributed by atoms with Gasteiger partial charge in [-0.25, -0.2) is 9.78 Å². The highest BCUT2D eigenvalue weighted by Crippen LogP contribution is 2.22. The molecule has 2 amide bonds. The van der Waals surface area contributed by atoms with Crippen molar-refractivity contribution in [2.45, 2.75) is 18.1 Å². The number of halogens is 1. The smallest absolute Gasteiger partial charge is 0.320 e. The molecular formula is C21H19ClN4O2S. The van der Waals surface area contributed by atoms with Gasteiger partial charge in [-0.1, -0.05) is 47.6 Å². The highest BCUT2D eigenvalue weighted by molar-refractivity contribution is 7.98. The molecule has 0 saturated carbocycles.